The van der Waals surface area contributed by atoms with Crippen LogP contribution in [0.4, 0.5) is 15.8 Å². The molecule has 5 nitrogen and oxygen atoms in total. The van der Waals surface area contributed by atoms with Crippen LogP contribution in [-0.4, -0.2) is 10.5 Å². The zero-order chi connectivity index (χ0) is 18.5. The van der Waals surface area contributed by atoms with Crippen molar-refractivity contribution in [2.24, 2.45) is 12.0 Å². The molecule has 0 atom stereocenters. The Bertz CT molecular complexity index is 1050. The van der Waals surface area contributed by atoms with Gasteiger partial charge in [-0.05, 0) is 36.4 Å². The Morgan fingerprint density at radius 3 is 2.63 bits per heavy atom. The van der Waals surface area contributed by atoms with Crippen molar-refractivity contribution in [3.05, 3.63) is 75.8 Å². The van der Waals surface area contributed by atoms with Gasteiger partial charge < -0.3 is 9.88 Å². The molecule has 0 unspecified atom stereocenters. The van der Waals surface area contributed by atoms with E-state index in [0.29, 0.717) is 16.1 Å². The third-order valence-corrected chi connectivity index (χ3v) is 4.69. The fourth-order valence-electron chi connectivity index (χ4n) is 2.31. The molecule has 138 valence electrons. The number of amides is 1. The van der Waals surface area contributed by atoms with Gasteiger partial charge in [-0.1, -0.05) is 12.1 Å². The number of carbonyl (C=O) groups excluding carboxylic acids is 1. The van der Waals surface area contributed by atoms with Gasteiger partial charge in [0.15, 0.2) is 4.80 Å². The van der Waals surface area contributed by atoms with Gasteiger partial charge >= 0.3 is 0 Å². The molecule has 27 heavy (non-hydrogen) atoms. The SMILES string of the molecule is Cl.Cn1c(CC(=O)Nc2ccc(C#N)cc2)cs/c1=N/c1ccccc1F. The van der Waals surface area contributed by atoms with Crippen LogP contribution >= 0.6 is 23.7 Å². The molecule has 3 aromatic rings. The van der Waals surface area contributed by atoms with Gasteiger partial charge in [0.2, 0.25) is 5.91 Å². The van der Waals surface area contributed by atoms with Crippen LogP contribution in [-0.2, 0) is 18.3 Å². The molecule has 1 aromatic heterocycles. The number of hydrogen-bond donors (Lipinski definition) is 1. The predicted octanol–water partition coefficient (Wildman–Crippen LogP) is 3.93. The van der Waals surface area contributed by atoms with Crippen LogP contribution in [0.15, 0.2) is 58.9 Å². The number of anilines is 1. The Balaban J connectivity index is 0.00000261. The average Bonchev–Trinajstić information content (AvgIpc) is 2.97. The van der Waals surface area contributed by atoms with Crippen molar-refractivity contribution in [1.29, 1.82) is 5.26 Å². The lowest BCUT2D eigenvalue weighted by Crippen LogP contribution is -2.19. The second-order valence-electron chi connectivity index (χ2n) is 5.55. The van der Waals surface area contributed by atoms with Crippen molar-refractivity contribution in [1.82, 2.24) is 4.57 Å². The van der Waals surface area contributed by atoms with Gasteiger partial charge in [-0.2, -0.15) is 5.26 Å². The number of para-hydroxylation sites is 1. The summed E-state index contributed by atoms with van der Waals surface area (Å²) in [4.78, 5) is 17.2. The van der Waals surface area contributed by atoms with Crippen LogP contribution in [0.2, 0.25) is 0 Å². The highest BCUT2D eigenvalue weighted by atomic mass is 35.5. The number of benzene rings is 2. The second-order valence-corrected chi connectivity index (χ2v) is 6.38. The number of carbonyl (C=O) groups is 1. The minimum atomic E-state index is -0.388. The van der Waals surface area contributed by atoms with Gasteiger partial charge in [-0.25, -0.2) is 9.38 Å². The number of nitriles is 1. The fourth-order valence-corrected chi connectivity index (χ4v) is 3.22. The Hall–Kier alpha value is -2.95. The van der Waals surface area contributed by atoms with E-state index < -0.39 is 0 Å². The molecule has 1 heterocycles. The highest BCUT2D eigenvalue weighted by Crippen LogP contribution is 2.16. The zero-order valence-corrected chi connectivity index (χ0v) is 16.0. The van der Waals surface area contributed by atoms with Crippen LogP contribution in [0, 0.1) is 17.1 Å². The Labute approximate surface area is 165 Å². The number of nitrogens with one attached hydrogen (secondary N) is 1. The molecule has 0 spiro atoms. The number of rotatable bonds is 4. The summed E-state index contributed by atoms with van der Waals surface area (Å²) in [7, 11) is 1.79. The quantitative estimate of drug-likeness (QED) is 0.718. The topological polar surface area (TPSA) is 70.2 Å². The maximum Gasteiger partial charge on any atom is 0.230 e. The van der Waals surface area contributed by atoms with E-state index in [0.717, 1.165) is 5.69 Å². The van der Waals surface area contributed by atoms with Crippen LogP contribution in [0.1, 0.15) is 11.3 Å². The molecule has 8 heteroatoms. The lowest BCUT2D eigenvalue weighted by atomic mass is 10.2. The minimum Gasteiger partial charge on any atom is -0.326 e. The monoisotopic (exact) mass is 402 g/mol. The van der Waals surface area contributed by atoms with Crippen molar-refractivity contribution in [2.45, 2.75) is 6.42 Å². The molecule has 0 aliphatic heterocycles. The molecular formula is C19H16ClFN4OS. The predicted molar refractivity (Wildman–Crippen MR) is 106 cm³/mol. The molecule has 0 radical (unpaired) electrons. The first-order valence-corrected chi connectivity index (χ1v) is 8.67. The molecule has 3 rings (SSSR count). The van der Waals surface area contributed by atoms with E-state index in [1.165, 1.54) is 17.4 Å². The van der Waals surface area contributed by atoms with Gasteiger partial charge in [0.05, 0.1) is 18.1 Å². The molecule has 1 amide bonds. The average molecular weight is 403 g/mol. The molecule has 0 bridgehead atoms. The standard InChI is InChI=1S/C19H15FN4OS.ClH/c1-24-15(10-18(25)22-14-8-6-13(11-21)7-9-14)12-26-19(24)23-17-5-3-2-4-16(17)20;/h2-9,12H,10H2,1H3,(H,22,25);1H/b23-19+;. The van der Waals surface area contributed by atoms with Crippen molar-refractivity contribution >= 4 is 41.0 Å². The molecule has 2 aromatic carbocycles. The Kier molecular flexibility index (Phi) is 6.88. The number of hydrogen-bond acceptors (Lipinski definition) is 4. The highest BCUT2D eigenvalue weighted by Gasteiger charge is 2.09. The van der Waals surface area contributed by atoms with Crippen LogP contribution < -0.4 is 10.1 Å². The third-order valence-electron chi connectivity index (χ3n) is 3.73. The number of nitrogens with zero attached hydrogens (tertiary/aromatic N) is 3. The Morgan fingerprint density at radius 2 is 1.96 bits per heavy atom. The maximum absolute atomic E-state index is 13.7. The molecule has 0 fully saturated rings. The lowest BCUT2D eigenvalue weighted by molar-refractivity contribution is -0.115. The van der Waals surface area contributed by atoms with Gasteiger partial charge in [0.25, 0.3) is 0 Å². The summed E-state index contributed by atoms with van der Waals surface area (Å²) in [5, 5.41) is 13.4. The summed E-state index contributed by atoms with van der Waals surface area (Å²) in [6, 6.07) is 15.0. The summed E-state index contributed by atoms with van der Waals surface area (Å²) in [5.74, 6) is -0.568. The molecular weight excluding hydrogens is 387 g/mol. The van der Waals surface area contributed by atoms with Crippen LogP contribution in [0.5, 0.6) is 0 Å². The van der Waals surface area contributed by atoms with Crippen LogP contribution in [0.25, 0.3) is 0 Å². The first-order valence-electron chi connectivity index (χ1n) is 7.79. The maximum atomic E-state index is 13.7. The first kappa shape index (κ1) is 20.4. The summed E-state index contributed by atoms with van der Waals surface area (Å²) in [6.45, 7) is 0. The number of thiazole rings is 1. The highest BCUT2D eigenvalue weighted by molar-refractivity contribution is 7.07. The van der Waals surface area contributed by atoms with E-state index >= 15 is 0 Å². The van der Waals surface area contributed by atoms with Crippen molar-refractivity contribution in [3.8, 4) is 6.07 Å². The molecule has 0 aliphatic rings. The molecule has 0 aliphatic carbocycles. The molecule has 1 N–H and O–H groups in total. The van der Waals surface area contributed by atoms with E-state index in [1.807, 2.05) is 11.4 Å². The summed E-state index contributed by atoms with van der Waals surface area (Å²) in [5.41, 5.74) is 2.20. The fraction of sp³-hybridized carbons (Fsp3) is 0.105. The van der Waals surface area contributed by atoms with Gasteiger partial charge in [-0.3, -0.25) is 4.79 Å². The summed E-state index contributed by atoms with van der Waals surface area (Å²) < 4.78 is 15.5. The smallest absolute Gasteiger partial charge is 0.230 e. The largest absolute Gasteiger partial charge is 0.326 e. The normalized spacial score (nSPS) is 10.8. The summed E-state index contributed by atoms with van der Waals surface area (Å²) >= 11 is 1.35. The summed E-state index contributed by atoms with van der Waals surface area (Å²) in [6.07, 6.45) is 0.166. The van der Waals surface area contributed by atoms with Crippen molar-refractivity contribution in [3.63, 3.8) is 0 Å². The Morgan fingerprint density at radius 1 is 1.26 bits per heavy atom. The number of aromatic nitrogens is 1. The second kappa shape index (κ2) is 9.12. The molecule has 0 saturated carbocycles. The van der Waals surface area contributed by atoms with E-state index in [-0.39, 0.29) is 36.2 Å². The van der Waals surface area contributed by atoms with E-state index in [4.69, 9.17) is 5.26 Å². The minimum absolute atomic E-state index is 0. The molecule has 0 saturated heterocycles. The van der Waals surface area contributed by atoms with Gasteiger partial charge in [0, 0.05) is 23.8 Å². The van der Waals surface area contributed by atoms with Crippen molar-refractivity contribution < 1.29 is 9.18 Å². The van der Waals surface area contributed by atoms with Crippen LogP contribution in [0.3, 0.4) is 0 Å². The van der Waals surface area contributed by atoms with E-state index in [9.17, 15) is 9.18 Å². The lowest BCUT2D eigenvalue weighted by Gasteiger charge is -2.06. The van der Waals surface area contributed by atoms with Gasteiger partial charge in [-0.15, -0.1) is 23.7 Å². The number of halogens is 2. The van der Waals surface area contributed by atoms with Gasteiger partial charge in [0.1, 0.15) is 11.5 Å². The van der Waals surface area contributed by atoms with E-state index in [1.54, 1.807) is 54.1 Å². The van der Waals surface area contributed by atoms with E-state index in [2.05, 4.69) is 10.3 Å². The zero-order valence-electron chi connectivity index (χ0n) is 14.3. The first-order chi connectivity index (χ1) is 12.6. The third kappa shape index (κ3) is 5.03. The van der Waals surface area contributed by atoms with Crippen molar-refractivity contribution in [2.75, 3.05) is 5.32 Å².